The Bertz CT molecular complexity index is 1560. The van der Waals surface area contributed by atoms with Gasteiger partial charge >= 0.3 is 25.9 Å². The van der Waals surface area contributed by atoms with Crippen molar-refractivity contribution in [3.8, 4) is 17.2 Å². The summed E-state index contributed by atoms with van der Waals surface area (Å²) in [5.41, 5.74) is -2.67. The van der Waals surface area contributed by atoms with E-state index in [1.165, 1.54) is 83.5 Å². The maximum Gasteiger partial charge on any atom is 0.864 e. The molecule has 0 aliphatic heterocycles. The average molecular weight is 888 g/mol. The second-order valence-electron chi connectivity index (χ2n) is 16.3. The molecule has 3 aromatic carbocycles. The lowest BCUT2D eigenvalue weighted by atomic mass is 10.0. The second kappa shape index (κ2) is 28.2. The molecule has 0 radical (unpaired) electrons. The number of nitrogens with zero attached hydrogens (tertiary/aromatic N) is 1. The van der Waals surface area contributed by atoms with Crippen LogP contribution in [0.1, 0.15) is 178 Å². The molecule has 0 aliphatic rings. The van der Waals surface area contributed by atoms with Crippen LogP contribution in [0.3, 0.4) is 0 Å². The lowest BCUT2D eigenvalue weighted by Crippen LogP contribution is -2.38. The second-order valence-corrected chi connectivity index (χ2v) is 16.3. The molecule has 0 spiro atoms. The molecule has 0 N–H and O–H groups in total. The summed E-state index contributed by atoms with van der Waals surface area (Å²) >= 11 is 0. The van der Waals surface area contributed by atoms with Gasteiger partial charge in [-0.2, -0.15) is 39.5 Å². The molecule has 0 saturated heterocycles. The quantitative estimate of drug-likeness (QED) is 0.0355. The number of rotatable bonds is 32. The van der Waals surface area contributed by atoms with E-state index in [0.29, 0.717) is 13.1 Å². The van der Waals surface area contributed by atoms with Crippen LogP contribution in [0.4, 0.5) is 45.2 Å². The Morgan fingerprint density at radius 2 is 0.694 bits per heavy atom. The number of unbranched alkanes of at least 4 members (excludes halogenated alkanes) is 21. The van der Waals surface area contributed by atoms with Gasteiger partial charge in [-0.05, 0) is 79.6 Å². The third-order valence-corrected chi connectivity index (χ3v) is 11.0. The van der Waals surface area contributed by atoms with Crippen LogP contribution >= 0.6 is 0 Å². The molecule has 0 aliphatic carbocycles. The van der Waals surface area contributed by atoms with E-state index in [0.717, 1.165) is 131 Å². The zero-order valence-corrected chi connectivity index (χ0v) is 36.7. The van der Waals surface area contributed by atoms with Crippen LogP contribution in [0.5, 0.6) is 17.2 Å². The van der Waals surface area contributed by atoms with Crippen molar-refractivity contribution in [1.29, 1.82) is 0 Å². The van der Waals surface area contributed by atoms with Gasteiger partial charge in [-0.25, -0.2) is 0 Å². The highest BCUT2D eigenvalue weighted by atomic mass is 19.4. The summed E-state index contributed by atoms with van der Waals surface area (Å²) in [5, 5.41) is 0. The number of hydrogen-bond acceptors (Lipinski definition) is 4. The summed E-state index contributed by atoms with van der Waals surface area (Å²) in [6, 6.07) is 10.2. The molecule has 0 fully saturated rings. The lowest BCUT2D eigenvalue weighted by molar-refractivity contribution is -0.138. The number of hydrogen-bond donors (Lipinski definition) is 0. The Hall–Kier alpha value is -3.71. The minimum atomic E-state index is -4.68. The molecule has 0 unspecified atom stereocenters. The van der Waals surface area contributed by atoms with Crippen LogP contribution in [0.2, 0.25) is 0 Å². The van der Waals surface area contributed by atoms with E-state index < -0.39 is 42.5 Å². The van der Waals surface area contributed by atoms with Crippen molar-refractivity contribution >= 4 is 13.0 Å². The molecule has 0 saturated carbocycles. The fourth-order valence-electron chi connectivity index (χ4n) is 7.35. The summed E-state index contributed by atoms with van der Waals surface area (Å²) in [7, 11) is -1.82. The van der Waals surface area contributed by atoms with Crippen molar-refractivity contribution in [3.63, 3.8) is 0 Å². The van der Waals surface area contributed by atoms with E-state index in [4.69, 9.17) is 14.0 Å². The molecule has 0 atom stereocenters. The standard InChI is InChI=1S/C48H67BF9NO3/c1-3-5-7-9-11-13-15-17-19-21-23-25-37-59(36-24-22-20-18-16-14-12-10-8-6-4-2)44-38-41(48(56,57)58)30-35-45(44)62-49(60-42-31-26-39(27-32-42)46(50,51)52)61-43-33-28-40(29-34-43)47(53,54)55/h26-35,38H,3-25,36-37H2,1-2H3. The largest absolute Gasteiger partial charge is 0.864 e. The van der Waals surface area contributed by atoms with Gasteiger partial charge in [-0.3, -0.25) is 0 Å². The number of halogens is 9. The monoisotopic (exact) mass is 888 g/mol. The van der Waals surface area contributed by atoms with E-state index in [2.05, 4.69) is 13.8 Å². The molecule has 0 bridgehead atoms. The molecule has 3 rings (SSSR count). The number of anilines is 1. The lowest BCUT2D eigenvalue weighted by Gasteiger charge is -2.29. The highest BCUT2D eigenvalue weighted by Gasteiger charge is 2.37. The Balaban J connectivity index is 1.83. The molecular weight excluding hydrogens is 820 g/mol. The molecule has 4 nitrogen and oxygen atoms in total. The number of alkyl halides is 9. The maximum atomic E-state index is 14.3. The minimum absolute atomic E-state index is 0.0520. The molecule has 62 heavy (non-hydrogen) atoms. The van der Waals surface area contributed by atoms with Crippen LogP contribution in [0.25, 0.3) is 0 Å². The Labute approximate surface area is 364 Å². The molecule has 0 aromatic heterocycles. The summed E-state index contributed by atoms with van der Waals surface area (Å²) in [4.78, 5) is 1.88. The normalized spacial score (nSPS) is 12.1. The van der Waals surface area contributed by atoms with Gasteiger partial charge in [-0.1, -0.05) is 149 Å². The van der Waals surface area contributed by atoms with E-state index in [1.807, 2.05) is 4.90 Å². The Morgan fingerprint density at radius 1 is 0.387 bits per heavy atom. The van der Waals surface area contributed by atoms with Crippen LogP contribution in [0.15, 0.2) is 66.7 Å². The predicted octanol–water partition coefficient (Wildman–Crippen LogP) is 17.1. The summed E-state index contributed by atoms with van der Waals surface area (Å²) < 4.78 is 140. The SMILES string of the molecule is CCCCCCCCCCCCCCN(CCCCCCCCCCCCC)c1cc(C(F)(F)F)ccc1OB(Oc1ccc(C(F)(F)F)cc1)Oc1ccc(C(F)(F)F)cc1. The summed E-state index contributed by atoms with van der Waals surface area (Å²) in [6.07, 6.45) is 11.8. The molecule has 3 aromatic rings. The first-order chi connectivity index (χ1) is 29.6. The van der Waals surface area contributed by atoms with Crippen molar-refractivity contribution < 1.29 is 53.5 Å². The van der Waals surface area contributed by atoms with Gasteiger partial charge in [-0.15, -0.1) is 0 Å². The first kappa shape index (κ1) is 52.6. The zero-order chi connectivity index (χ0) is 45.3. The molecule has 348 valence electrons. The smallest absolute Gasteiger partial charge is 0.490 e. The maximum absolute atomic E-state index is 14.3. The molecule has 0 heterocycles. The molecule has 0 amide bonds. The summed E-state index contributed by atoms with van der Waals surface area (Å²) in [6.45, 7) is 5.28. The predicted molar refractivity (Wildman–Crippen MR) is 232 cm³/mol. The van der Waals surface area contributed by atoms with Crippen molar-refractivity contribution in [2.24, 2.45) is 0 Å². The topological polar surface area (TPSA) is 30.9 Å². The molecular formula is C48H67BF9NO3. The van der Waals surface area contributed by atoms with Gasteiger partial charge in [0.2, 0.25) is 0 Å². The Kier molecular flexibility index (Phi) is 23.9. The van der Waals surface area contributed by atoms with Crippen LogP contribution in [-0.2, 0) is 18.5 Å². The van der Waals surface area contributed by atoms with E-state index in [-0.39, 0.29) is 22.9 Å². The fraction of sp³-hybridized carbons (Fsp3) is 0.625. The molecule has 14 heteroatoms. The van der Waals surface area contributed by atoms with Gasteiger partial charge in [0.15, 0.2) is 0 Å². The van der Waals surface area contributed by atoms with Gasteiger partial charge in [0, 0.05) is 13.1 Å². The highest BCUT2D eigenvalue weighted by molar-refractivity contribution is 6.39. The fourth-order valence-corrected chi connectivity index (χ4v) is 7.35. The van der Waals surface area contributed by atoms with Gasteiger partial charge in [0.25, 0.3) is 0 Å². The Morgan fingerprint density at radius 3 is 1.02 bits per heavy atom. The first-order valence-electron chi connectivity index (χ1n) is 22.9. The van der Waals surface area contributed by atoms with Crippen molar-refractivity contribution in [3.05, 3.63) is 83.4 Å². The van der Waals surface area contributed by atoms with Crippen LogP contribution in [0, 0.1) is 0 Å². The van der Waals surface area contributed by atoms with Gasteiger partial charge < -0.3 is 18.9 Å². The van der Waals surface area contributed by atoms with Crippen molar-refractivity contribution in [2.75, 3.05) is 18.0 Å². The van der Waals surface area contributed by atoms with Crippen LogP contribution < -0.4 is 18.9 Å². The number of benzene rings is 3. The summed E-state index contributed by atoms with van der Waals surface area (Å²) in [5.74, 6) is -0.334. The van der Waals surface area contributed by atoms with E-state index >= 15 is 0 Å². The highest BCUT2D eigenvalue weighted by Crippen LogP contribution is 2.39. The minimum Gasteiger partial charge on any atom is -0.490 e. The van der Waals surface area contributed by atoms with Crippen molar-refractivity contribution in [2.45, 2.75) is 180 Å². The average Bonchev–Trinajstić information content (AvgIpc) is 3.22. The van der Waals surface area contributed by atoms with Crippen LogP contribution in [-0.4, -0.2) is 20.4 Å². The van der Waals surface area contributed by atoms with Crippen molar-refractivity contribution in [1.82, 2.24) is 0 Å². The van der Waals surface area contributed by atoms with Gasteiger partial charge in [0.1, 0.15) is 17.2 Å². The van der Waals surface area contributed by atoms with E-state index in [9.17, 15) is 39.5 Å². The van der Waals surface area contributed by atoms with E-state index in [1.54, 1.807) is 0 Å². The first-order valence-corrected chi connectivity index (χ1v) is 22.9. The third kappa shape index (κ3) is 21.1. The van der Waals surface area contributed by atoms with Gasteiger partial charge in [0.05, 0.1) is 22.4 Å². The zero-order valence-electron chi connectivity index (χ0n) is 36.7. The third-order valence-electron chi connectivity index (χ3n) is 11.0.